The number of hydrazone groups is 1. The smallest absolute Gasteiger partial charge is 0.287 e. The minimum absolute atomic E-state index is 0.0629. The zero-order chi connectivity index (χ0) is 23.0. The van der Waals surface area contributed by atoms with Crippen molar-refractivity contribution in [2.45, 2.75) is 0 Å². The van der Waals surface area contributed by atoms with Gasteiger partial charge in [0.1, 0.15) is 5.70 Å². The van der Waals surface area contributed by atoms with Gasteiger partial charge in [-0.25, -0.2) is 5.43 Å². The highest BCUT2D eigenvalue weighted by molar-refractivity contribution is 6.35. The molecule has 0 unspecified atom stereocenters. The fourth-order valence-corrected chi connectivity index (χ4v) is 3.00. The van der Waals surface area contributed by atoms with E-state index in [0.29, 0.717) is 28.2 Å². The molecule has 3 aromatic rings. The highest BCUT2D eigenvalue weighted by Gasteiger charge is 2.17. The number of Topliss-reactive ketones (excluding diaryl/α,β-unsaturated/α-hetero) is 1. The molecule has 0 fully saturated rings. The number of carbonyl (C=O) groups excluding carboxylic acids is 3. The second kappa shape index (κ2) is 10.1. The minimum atomic E-state index is -0.700. The van der Waals surface area contributed by atoms with E-state index in [1.54, 1.807) is 78.9 Å². The molecule has 164 valence electrons. The molecule has 2 N–H and O–H groups in total. The molecule has 1 aliphatic heterocycles. The van der Waals surface area contributed by atoms with Crippen LogP contribution < -0.4 is 20.2 Å². The first-order chi connectivity index (χ1) is 16.1. The van der Waals surface area contributed by atoms with Crippen molar-refractivity contribution in [3.63, 3.8) is 0 Å². The molecule has 0 atom stereocenters. The van der Waals surface area contributed by atoms with Crippen molar-refractivity contribution in [3.8, 4) is 11.5 Å². The number of benzene rings is 3. The molecule has 0 saturated carbocycles. The fraction of sp³-hybridized carbons (Fsp3) is 0.0400. The minimum Gasteiger partial charge on any atom is -0.454 e. The molecule has 0 saturated heterocycles. The van der Waals surface area contributed by atoms with Crippen LogP contribution in [0.3, 0.4) is 0 Å². The predicted octanol–water partition coefficient (Wildman–Crippen LogP) is 3.17. The predicted molar refractivity (Wildman–Crippen MR) is 122 cm³/mol. The molecule has 0 spiro atoms. The third-order valence-corrected chi connectivity index (χ3v) is 4.64. The van der Waals surface area contributed by atoms with Crippen LogP contribution in [0.25, 0.3) is 6.08 Å². The Labute approximate surface area is 189 Å². The van der Waals surface area contributed by atoms with E-state index < -0.39 is 11.8 Å². The van der Waals surface area contributed by atoms with E-state index in [2.05, 4.69) is 15.8 Å². The SMILES string of the molecule is O=C(NN=CC(=O)c1ccccc1)C(=Cc1ccc2c(c1)OCO2)NC(=O)c1ccccc1. The molecule has 33 heavy (non-hydrogen) atoms. The maximum atomic E-state index is 12.8. The molecule has 0 aromatic heterocycles. The van der Waals surface area contributed by atoms with Crippen LogP contribution >= 0.6 is 0 Å². The zero-order valence-corrected chi connectivity index (χ0v) is 17.4. The van der Waals surface area contributed by atoms with Crippen LogP contribution in [-0.2, 0) is 4.79 Å². The van der Waals surface area contributed by atoms with Crippen molar-refractivity contribution in [2.24, 2.45) is 5.10 Å². The monoisotopic (exact) mass is 441 g/mol. The van der Waals surface area contributed by atoms with Gasteiger partial charge in [0.2, 0.25) is 12.6 Å². The lowest BCUT2D eigenvalue weighted by Gasteiger charge is -2.09. The first-order valence-corrected chi connectivity index (χ1v) is 10.0. The van der Waals surface area contributed by atoms with Gasteiger partial charge in [0, 0.05) is 11.1 Å². The number of fused-ring (bicyclic) bond motifs is 1. The quantitative estimate of drug-likeness (QED) is 0.254. The fourth-order valence-electron chi connectivity index (χ4n) is 3.00. The molecule has 8 heteroatoms. The second-order valence-electron chi connectivity index (χ2n) is 6.92. The normalized spacial score (nSPS) is 12.4. The topological polar surface area (TPSA) is 106 Å². The van der Waals surface area contributed by atoms with Crippen molar-refractivity contribution < 1.29 is 23.9 Å². The molecule has 8 nitrogen and oxygen atoms in total. The summed E-state index contributed by atoms with van der Waals surface area (Å²) in [5.41, 5.74) is 3.63. The summed E-state index contributed by atoms with van der Waals surface area (Å²) in [7, 11) is 0. The lowest BCUT2D eigenvalue weighted by atomic mass is 10.1. The maximum Gasteiger partial charge on any atom is 0.287 e. The summed E-state index contributed by atoms with van der Waals surface area (Å²) in [5, 5.41) is 6.34. The number of amides is 2. The Balaban J connectivity index is 1.53. The number of ether oxygens (including phenoxy) is 2. The van der Waals surface area contributed by atoms with Gasteiger partial charge in [-0.3, -0.25) is 14.4 Å². The van der Waals surface area contributed by atoms with E-state index in [9.17, 15) is 14.4 Å². The van der Waals surface area contributed by atoms with Crippen LogP contribution in [0, 0.1) is 0 Å². The summed E-state index contributed by atoms with van der Waals surface area (Å²) in [6.07, 6.45) is 2.48. The van der Waals surface area contributed by atoms with Crippen LogP contribution in [0.15, 0.2) is 89.7 Å². The van der Waals surface area contributed by atoms with Gasteiger partial charge < -0.3 is 14.8 Å². The van der Waals surface area contributed by atoms with Gasteiger partial charge in [-0.05, 0) is 35.9 Å². The molecule has 3 aromatic carbocycles. The van der Waals surface area contributed by atoms with E-state index in [0.717, 1.165) is 6.21 Å². The van der Waals surface area contributed by atoms with Crippen LogP contribution in [0.5, 0.6) is 11.5 Å². The molecule has 1 aliphatic rings. The number of rotatable bonds is 7. The third-order valence-electron chi connectivity index (χ3n) is 4.64. The number of nitrogens with one attached hydrogen (secondary N) is 2. The van der Waals surface area contributed by atoms with Gasteiger partial charge in [-0.2, -0.15) is 5.10 Å². The summed E-state index contributed by atoms with van der Waals surface area (Å²) >= 11 is 0. The van der Waals surface area contributed by atoms with Crippen LogP contribution in [0.1, 0.15) is 26.3 Å². The van der Waals surface area contributed by atoms with Gasteiger partial charge in [0.05, 0.1) is 6.21 Å². The lowest BCUT2D eigenvalue weighted by molar-refractivity contribution is -0.117. The average Bonchev–Trinajstić information content (AvgIpc) is 3.32. The second-order valence-corrected chi connectivity index (χ2v) is 6.92. The van der Waals surface area contributed by atoms with E-state index in [-0.39, 0.29) is 18.3 Å². The summed E-state index contributed by atoms with van der Waals surface area (Å²) < 4.78 is 10.7. The van der Waals surface area contributed by atoms with E-state index in [1.807, 2.05) is 0 Å². The van der Waals surface area contributed by atoms with Gasteiger partial charge >= 0.3 is 0 Å². The summed E-state index contributed by atoms with van der Waals surface area (Å²) in [5.74, 6) is -0.415. The molecule has 4 rings (SSSR count). The van der Waals surface area contributed by atoms with Crippen LogP contribution in [0.4, 0.5) is 0 Å². The summed E-state index contributed by atoms with van der Waals surface area (Å²) in [6, 6.07) is 22.1. The number of nitrogens with zero attached hydrogens (tertiary/aromatic N) is 1. The Morgan fingerprint density at radius 2 is 1.48 bits per heavy atom. The Bertz CT molecular complexity index is 1240. The Morgan fingerprint density at radius 3 is 2.21 bits per heavy atom. The van der Waals surface area contributed by atoms with Crippen molar-refractivity contribution in [3.05, 3.63) is 101 Å². The highest BCUT2D eigenvalue weighted by atomic mass is 16.7. The molecular formula is C25H19N3O5. The Kier molecular flexibility index (Phi) is 6.56. The Hall–Kier alpha value is -4.72. The van der Waals surface area contributed by atoms with Gasteiger partial charge in [-0.15, -0.1) is 0 Å². The highest BCUT2D eigenvalue weighted by Crippen LogP contribution is 2.33. The van der Waals surface area contributed by atoms with Crippen LogP contribution in [0.2, 0.25) is 0 Å². The van der Waals surface area contributed by atoms with Gasteiger partial charge in [-0.1, -0.05) is 54.6 Å². The molecule has 1 heterocycles. The first kappa shape index (κ1) is 21.5. The van der Waals surface area contributed by atoms with E-state index in [4.69, 9.17) is 9.47 Å². The largest absolute Gasteiger partial charge is 0.454 e. The molecule has 0 bridgehead atoms. The average molecular weight is 441 g/mol. The number of ketones is 1. The number of carbonyl (C=O) groups is 3. The first-order valence-electron chi connectivity index (χ1n) is 10.0. The van der Waals surface area contributed by atoms with Crippen molar-refractivity contribution >= 4 is 29.9 Å². The molecular weight excluding hydrogens is 422 g/mol. The van der Waals surface area contributed by atoms with Gasteiger partial charge in [0.25, 0.3) is 11.8 Å². The standard InChI is InChI=1S/C25H19N3O5/c29-21(18-7-3-1-4-8-18)15-26-28-25(31)20(27-24(30)19-9-5-2-6-10-19)13-17-11-12-22-23(14-17)33-16-32-22/h1-15H,16H2,(H,27,30)(H,28,31). The third kappa shape index (κ3) is 5.50. The zero-order valence-electron chi connectivity index (χ0n) is 17.4. The van der Waals surface area contributed by atoms with Crippen molar-refractivity contribution in [1.82, 2.24) is 10.7 Å². The molecule has 0 radical (unpaired) electrons. The summed E-state index contributed by atoms with van der Waals surface area (Å²) in [6.45, 7) is 0.116. The number of hydrogen-bond acceptors (Lipinski definition) is 6. The van der Waals surface area contributed by atoms with Gasteiger partial charge in [0.15, 0.2) is 11.5 Å². The van der Waals surface area contributed by atoms with E-state index >= 15 is 0 Å². The Morgan fingerprint density at radius 1 is 0.818 bits per heavy atom. The molecule has 0 aliphatic carbocycles. The van der Waals surface area contributed by atoms with Crippen LogP contribution in [-0.4, -0.2) is 30.6 Å². The summed E-state index contributed by atoms with van der Waals surface area (Å²) in [4.78, 5) is 37.6. The van der Waals surface area contributed by atoms with Crippen molar-refractivity contribution in [1.29, 1.82) is 0 Å². The van der Waals surface area contributed by atoms with Crippen molar-refractivity contribution in [2.75, 3.05) is 6.79 Å². The maximum absolute atomic E-state index is 12.8. The molecule has 2 amide bonds. The number of hydrogen-bond donors (Lipinski definition) is 2. The lowest BCUT2D eigenvalue weighted by Crippen LogP contribution is -2.33. The van der Waals surface area contributed by atoms with E-state index in [1.165, 1.54) is 6.08 Å².